The van der Waals surface area contributed by atoms with Gasteiger partial charge in [-0.05, 0) is 90.7 Å². The molecule has 47 heavy (non-hydrogen) atoms. The normalized spacial score (nSPS) is 15.5. The minimum absolute atomic E-state index is 0.180. The van der Waals surface area contributed by atoms with Gasteiger partial charge in [0, 0.05) is 30.5 Å². The molecule has 1 aliphatic carbocycles. The Morgan fingerprint density at radius 2 is 1.72 bits per heavy atom. The minimum Gasteiger partial charge on any atom is -0.348 e. The Labute approximate surface area is 276 Å². The lowest BCUT2D eigenvalue weighted by Gasteiger charge is -2.27. The number of aryl methyl sites for hydroxylation is 1. The van der Waals surface area contributed by atoms with Crippen molar-refractivity contribution in [1.82, 2.24) is 31.2 Å². The summed E-state index contributed by atoms with van der Waals surface area (Å²) >= 11 is 0. The van der Waals surface area contributed by atoms with Gasteiger partial charge in [-0.25, -0.2) is 4.98 Å². The number of hydrogen-bond donors (Lipinski definition) is 5. The van der Waals surface area contributed by atoms with Crippen molar-refractivity contribution < 1.29 is 9.59 Å². The molecule has 8 nitrogen and oxygen atoms in total. The summed E-state index contributed by atoms with van der Waals surface area (Å²) in [6.45, 7) is 4.04. The second-order valence-corrected chi connectivity index (χ2v) is 12.4. The van der Waals surface area contributed by atoms with E-state index in [1.807, 2.05) is 49.4 Å². The van der Waals surface area contributed by atoms with Crippen molar-refractivity contribution >= 4 is 22.6 Å². The highest BCUT2D eigenvalue weighted by Crippen LogP contribution is 2.29. The molecule has 2 amide bonds. The van der Waals surface area contributed by atoms with Crippen molar-refractivity contribution in [3.63, 3.8) is 0 Å². The van der Waals surface area contributed by atoms with E-state index in [2.05, 4.69) is 79.8 Å². The van der Waals surface area contributed by atoms with Gasteiger partial charge in [-0.1, -0.05) is 78.9 Å². The number of fused-ring (bicyclic) bond motifs is 2. The number of imidazole rings is 1. The smallest absolute Gasteiger partial charge is 0.251 e. The zero-order valence-corrected chi connectivity index (χ0v) is 27.0. The molecule has 8 heteroatoms. The van der Waals surface area contributed by atoms with E-state index in [0.717, 1.165) is 53.5 Å². The lowest BCUT2D eigenvalue weighted by Crippen LogP contribution is -2.47. The molecule has 0 aliphatic heterocycles. The lowest BCUT2D eigenvalue weighted by molar-refractivity contribution is -0.123. The monoisotopic (exact) mass is 628 g/mol. The van der Waals surface area contributed by atoms with E-state index in [0.29, 0.717) is 31.1 Å². The number of benzene rings is 4. The van der Waals surface area contributed by atoms with Gasteiger partial charge >= 0.3 is 0 Å². The molecular formula is C39H44N6O2. The van der Waals surface area contributed by atoms with Crippen molar-refractivity contribution in [2.24, 2.45) is 0 Å². The molecule has 0 bridgehead atoms. The van der Waals surface area contributed by atoms with E-state index in [-0.39, 0.29) is 17.9 Å². The molecule has 5 N–H and O–H groups in total. The molecule has 1 unspecified atom stereocenters. The Kier molecular flexibility index (Phi) is 10.7. The lowest BCUT2D eigenvalue weighted by atomic mass is 9.87. The fourth-order valence-corrected chi connectivity index (χ4v) is 6.57. The number of H-pyrrole nitrogens is 1. The minimum atomic E-state index is -0.671. The van der Waals surface area contributed by atoms with Gasteiger partial charge < -0.3 is 26.3 Å². The predicted molar refractivity (Wildman–Crippen MR) is 187 cm³/mol. The molecule has 4 aromatic carbocycles. The van der Waals surface area contributed by atoms with Gasteiger partial charge in [-0.2, -0.15) is 0 Å². The molecule has 3 atom stereocenters. The van der Waals surface area contributed by atoms with Crippen molar-refractivity contribution in [2.45, 2.75) is 70.2 Å². The van der Waals surface area contributed by atoms with Crippen LogP contribution in [0.25, 0.3) is 10.8 Å². The summed E-state index contributed by atoms with van der Waals surface area (Å²) in [5.74, 6) is 0.437. The van der Waals surface area contributed by atoms with Crippen molar-refractivity contribution in [3.05, 3.63) is 137 Å². The summed E-state index contributed by atoms with van der Waals surface area (Å²) in [6.07, 6.45) is 8.20. The van der Waals surface area contributed by atoms with Crippen molar-refractivity contribution in [2.75, 3.05) is 6.54 Å². The van der Waals surface area contributed by atoms with E-state index in [4.69, 9.17) is 0 Å². The van der Waals surface area contributed by atoms with Crippen molar-refractivity contribution in [1.29, 1.82) is 0 Å². The molecule has 5 aromatic rings. The van der Waals surface area contributed by atoms with Crippen LogP contribution in [0.1, 0.15) is 83.1 Å². The van der Waals surface area contributed by atoms with Crippen LogP contribution in [0.15, 0.2) is 103 Å². The van der Waals surface area contributed by atoms with Crippen LogP contribution in [0, 0.1) is 0 Å². The molecule has 242 valence electrons. The number of carbonyl (C=O) groups is 2. The largest absolute Gasteiger partial charge is 0.348 e. The van der Waals surface area contributed by atoms with Gasteiger partial charge in [0.1, 0.15) is 11.9 Å². The number of nitrogens with one attached hydrogen (secondary N) is 5. The standard InChI is InChI=1S/C39H44N6O2/c1-27(32-15-6-11-29-9-2-4-13-33(29)32)44-39(47)36(17-8-22-41-35-16-7-12-30-10-3-5-14-34(30)35)45-38(46)31-20-18-28(19-21-31)25-40-26-37-42-23-24-43-37/h2-6,9-11,13-15,18-21,23-24,27,35-36,40-41H,7-8,12,16-17,22,25-26H2,1H3,(H,42,43)(H,44,47)(H,45,46)/t27-,35?,36-/m0/s1. The maximum atomic E-state index is 13.8. The van der Waals surface area contributed by atoms with E-state index < -0.39 is 6.04 Å². The van der Waals surface area contributed by atoms with Crippen LogP contribution < -0.4 is 21.3 Å². The first kappa shape index (κ1) is 32.2. The second-order valence-electron chi connectivity index (χ2n) is 12.4. The van der Waals surface area contributed by atoms with Gasteiger partial charge in [0.15, 0.2) is 0 Å². The summed E-state index contributed by atoms with van der Waals surface area (Å²) in [6, 6.07) is 29.9. The SMILES string of the molecule is C[C@H](NC(=O)[C@H](CCCNC1CCCc2ccccc21)NC(=O)c1ccc(CNCc2ncc[nH]2)cc1)c1cccc2ccccc12. The number of aromatic nitrogens is 2. The Bertz CT molecular complexity index is 1760. The summed E-state index contributed by atoms with van der Waals surface area (Å²) in [5.41, 5.74) is 5.43. The molecular weight excluding hydrogens is 584 g/mol. The second kappa shape index (κ2) is 15.7. The number of amides is 2. The fraction of sp³-hybridized carbons (Fsp3) is 0.308. The average Bonchev–Trinajstić information content (AvgIpc) is 3.63. The molecule has 1 aromatic heterocycles. The zero-order chi connectivity index (χ0) is 32.4. The third kappa shape index (κ3) is 8.33. The molecule has 1 heterocycles. The van der Waals surface area contributed by atoms with Gasteiger partial charge in [0.25, 0.3) is 5.91 Å². The number of carbonyl (C=O) groups excluding carboxylic acids is 2. The summed E-state index contributed by atoms with van der Waals surface area (Å²) in [4.78, 5) is 34.6. The van der Waals surface area contributed by atoms with Gasteiger partial charge in [0.05, 0.1) is 12.6 Å². The number of nitrogens with zero attached hydrogens (tertiary/aromatic N) is 1. The van der Waals surface area contributed by atoms with Gasteiger partial charge in [0.2, 0.25) is 5.91 Å². The molecule has 6 rings (SSSR count). The molecule has 0 saturated carbocycles. The quantitative estimate of drug-likeness (QED) is 0.0931. The highest BCUT2D eigenvalue weighted by atomic mass is 16.2. The fourth-order valence-electron chi connectivity index (χ4n) is 6.57. The number of aromatic amines is 1. The Balaban J connectivity index is 1.09. The van der Waals surface area contributed by atoms with Crippen molar-refractivity contribution in [3.8, 4) is 0 Å². The first-order chi connectivity index (χ1) is 23.0. The van der Waals surface area contributed by atoms with Crippen LogP contribution in [0.3, 0.4) is 0 Å². The molecule has 0 saturated heterocycles. The maximum absolute atomic E-state index is 13.8. The van der Waals surface area contributed by atoms with Crippen LogP contribution in [-0.2, 0) is 24.3 Å². The van der Waals surface area contributed by atoms with Crippen LogP contribution >= 0.6 is 0 Å². The van der Waals surface area contributed by atoms with E-state index in [1.54, 1.807) is 12.4 Å². The van der Waals surface area contributed by atoms with E-state index in [1.165, 1.54) is 17.5 Å². The molecule has 1 aliphatic rings. The van der Waals surface area contributed by atoms with Crippen LogP contribution in [0.4, 0.5) is 0 Å². The topological polar surface area (TPSA) is 111 Å². The van der Waals surface area contributed by atoms with Crippen LogP contribution in [-0.4, -0.2) is 34.4 Å². The first-order valence-corrected chi connectivity index (χ1v) is 16.7. The zero-order valence-electron chi connectivity index (χ0n) is 27.0. The molecule has 0 spiro atoms. The van der Waals surface area contributed by atoms with E-state index in [9.17, 15) is 9.59 Å². The van der Waals surface area contributed by atoms with Crippen LogP contribution in [0.5, 0.6) is 0 Å². The summed E-state index contributed by atoms with van der Waals surface area (Å²) in [7, 11) is 0. The predicted octanol–water partition coefficient (Wildman–Crippen LogP) is 6.28. The molecule has 0 radical (unpaired) electrons. The Hall–Kier alpha value is -4.79. The third-order valence-electron chi connectivity index (χ3n) is 9.09. The van der Waals surface area contributed by atoms with Gasteiger partial charge in [-0.3, -0.25) is 9.59 Å². The Morgan fingerprint density at radius 3 is 2.57 bits per heavy atom. The third-order valence-corrected chi connectivity index (χ3v) is 9.09. The first-order valence-electron chi connectivity index (χ1n) is 16.7. The Morgan fingerprint density at radius 1 is 0.915 bits per heavy atom. The maximum Gasteiger partial charge on any atom is 0.251 e. The average molecular weight is 629 g/mol. The van der Waals surface area contributed by atoms with E-state index >= 15 is 0 Å². The number of rotatable bonds is 14. The highest BCUT2D eigenvalue weighted by molar-refractivity contribution is 5.97. The summed E-state index contributed by atoms with van der Waals surface area (Å²) in [5, 5.41) is 15.6. The summed E-state index contributed by atoms with van der Waals surface area (Å²) < 4.78 is 0. The van der Waals surface area contributed by atoms with Crippen LogP contribution in [0.2, 0.25) is 0 Å². The van der Waals surface area contributed by atoms with Gasteiger partial charge in [-0.15, -0.1) is 0 Å². The molecule has 0 fully saturated rings. The number of hydrogen-bond acceptors (Lipinski definition) is 5. The highest BCUT2D eigenvalue weighted by Gasteiger charge is 2.24.